The van der Waals surface area contributed by atoms with Crippen LogP contribution in [0.1, 0.15) is 11.1 Å². The molecule has 0 aliphatic heterocycles. The molecule has 234 valence electrons. The molecule has 0 bridgehead atoms. The second-order valence-electron chi connectivity index (χ2n) is 12.9. The second kappa shape index (κ2) is 11.5. The Bertz CT molecular complexity index is 2870. The number of para-hydroxylation sites is 1. The van der Waals surface area contributed by atoms with Gasteiger partial charge in [-0.3, -0.25) is 4.90 Å². The highest BCUT2D eigenvalue weighted by Gasteiger charge is 2.19. The van der Waals surface area contributed by atoms with Gasteiger partial charge in [-0.1, -0.05) is 121 Å². The highest BCUT2D eigenvalue weighted by molar-refractivity contribution is 6.24. The van der Waals surface area contributed by atoms with Crippen LogP contribution >= 0.6 is 0 Å². The molecule has 0 radical (unpaired) electrons. The van der Waals surface area contributed by atoms with Crippen molar-refractivity contribution in [3.63, 3.8) is 0 Å². The van der Waals surface area contributed by atoms with E-state index in [0.717, 1.165) is 17.2 Å². The van der Waals surface area contributed by atoms with Gasteiger partial charge in [0, 0.05) is 33.7 Å². The van der Waals surface area contributed by atoms with E-state index in [2.05, 4.69) is 179 Å². The average molecular weight is 638 g/mol. The first kappa shape index (κ1) is 28.3. The van der Waals surface area contributed by atoms with Crippen LogP contribution in [0.15, 0.2) is 176 Å². The van der Waals surface area contributed by atoms with Crippen LogP contribution in [0.3, 0.4) is 0 Å². The van der Waals surface area contributed by atoms with E-state index in [1.165, 1.54) is 70.9 Å². The normalized spacial score (nSPS) is 11.9. The fourth-order valence-electron chi connectivity index (χ4n) is 7.70. The lowest BCUT2D eigenvalue weighted by molar-refractivity contribution is 1.18. The standard InChI is InChI=1S/C47H31N3/c1-2-14-38(15-3-1)49-43-18-10-13-35-22-23-37-29-32(30-44(49)47(37)46(35)43)20-21-34-25-27-42(41-17-7-6-16-40(34)41)50(45-19-8-9-28-48-45)39-26-24-33-11-4-5-12-36(33)31-39/h1-31H/b21-20+. The van der Waals surface area contributed by atoms with Gasteiger partial charge in [0.25, 0.3) is 0 Å². The Balaban J connectivity index is 1.12. The molecule has 0 N–H and O–H groups in total. The number of rotatable bonds is 6. The third-order valence-electron chi connectivity index (χ3n) is 9.93. The van der Waals surface area contributed by atoms with Gasteiger partial charge in [-0.2, -0.15) is 0 Å². The van der Waals surface area contributed by atoms with Crippen molar-refractivity contribution in [1.29, 1.82) is 0 Å². The fraction of sp³-hybridized carbons (Fsp3) is 0. The molecular weight excluding hydrogens is 607 g/mol. The lowest BCUT2D eigenvalue weighted by atomic mass is 9.98. The Kier molecular flexibility index (Phi) is 6.49. The van der Waals surface area contributed by atoms with Gasteiger partial charge < -0.3 is 4.57 Å². The third kappa shape index (κ3) is 4.56. The third-order valence-corrected chi connectivity index (χ3v) is 9.93. The summed E-state index contributed by atoms with van der Waals surface area (Å²) in [6.07, 6.45) is 6.38. The molecule has 50 heavy (non-hydrogen) atoms. The van der Waals surface area contributed by atoms with E-state index in [1.807, 2.05) is 18.3 Å². The predicted octanol–water partition coefficient (Wildman–Crippen LogP) is 12.7. The van der Waals surface area contributed by atoms with Crippen molar-refractivity contribution in [2.24, 2.45) is 0 Å². The minimum Gasteiger partial charge on any atom is -0.309 e. The van der Waals surface area contributed by atoms with Crippen molar-refractivity contribution < 1.29 is 0 Å². The first-order valence-electron chi connectivity index (χ1n) is 17.0. The van der Waals surface area contributed by atoms with Crippen molar-refractivity contribution in [2.75, 3.05) is 4.90 Å². The van der Waals surface area contributed by atoms with E-state index in [0.29, 0.717) is 0 Å². The van der Waals surface area contributed by atoms with Crippen molar-refractivity contribution >= 4 is 83.5 Å². The van der Waals surface area contributed by atoms with Gasteiger partial charge in [-0.25, -0.2) is 4.98 Å². The molecule has 3 nitrogen and oxygen atoms in total. The molecule has 0 amide bonds. The minimum atomic E-state index is 0.878. The first-order chi connectivity index (χ1) is 24.8. The van der Waals surface area contributed by atoms with Crippen molar-refractivity contribution in [3.8, 4) is 5.69 Å². The van der Waals surface area contributed by atoms with Gasteiger partial charge in [0.2, 0.25) is 0 Å². The summed E-state index contributed by atoms with van der Waals surface area (Å²) in [7, 11) is 0. The zero-order chi connectivity index (χ0) is 33.0. The molecule has 0 saturated carbocycles. The summed E-state index contributed by atoms with van der Waals surface area (Å²) in [6, 6.07) is 60.9. The molecule has 3 heteroatoms. The average Bonchev–Trinajstić information content (AvgIpc) is 3.52. The van der Waals surface area contributed by atoms with Crippen molar-refractivity contribution in [2.45, 2.75) is 0 Å². The van der Waals surface area contributed by atoms with Crippen LogP contribution < -0.4 is 4.90 Å². The van der Waals surface area contributed by atoms with Crippen LogP contribution in [0.2, 0.25) is 0 Å². The van der Waals surface area contributed by atoms with E-state index in [4.69, 9.17) is 4.98 Å². The number of benzene rings is 8. The van der Waals surface area contributed by atoms with Crippen LogP contribution in [0, 0.1) is 0 Å². The zero-order valence-electron chi connectivity index (χ0n) is 27.2. The lowest BCUT2D eigenvalue weighted by Crippen LogP contribution is -2.12. The Morgan fingerprint density at radius 3 is 2.10 bits per heavy atom. The molecule has 0 aliphatic rings. The summed E-state index contributed by atoms with van der Waals surface area (Å²) in [6.45, 7) is 0. The largest absolute Gasteiger partial charge is 0.309 e. The van der Waals surface area contributed by atoms with Crippen molar-refractivity contribution in [1.82, 2.24) is 9.55 Å². The Morgan fingerprint density at radius 1 is 0.480 bits per heavy atom. The summed E-state index contributed by atoms with van der Waals surface area (Å²) in [5, 5.41) is 9.93. The molecule has 10 rings (SSSR count). The van der Waals surface area contributed by atoms with Crippen molar-refractivity contribution in [3.05, 3.63) is 187 Å². The number of aromatic nitrogens is 2. The Morgan fingerprint density at radius 2 is 1.22 bits per heavy atom. The van der Waals surface area contributed by atoms with E-state index >= 15 is 0 Å². The maximum Gasteiger partial charge on any atom is 0.137 e. The molecule has 2 aromatic heterocycles. The van der Waals surface area contributed by atoms with Gasteiger partial charge >= 0.3 is 0 Å². The molecule has 8 aromatic carbocycles. The van der Waals surface area contributed by atoms with E-state index in [-0.39, 0.29) is 0 Å². The number of hydrogen-bond acceptors (Lipinski definition) is 2. The second-order valence-corrected chi connectivity index (χ2v) is 12.9. The van der Waals surface area contributed by atoms with E-state index in [9.17, 15) is 0 Å². The zero-order valence-corrected chi connectivity index (χ0v) is 27.2. The van der Waals surface area contributed by atoms with Crippen LogP contribution in [-0.4, -0.2) is 9.55 Å². The molecule has 0 saturated heterocycles. The molecule has 0 fully saturated rings. The van der Waals surface area contributed by atoms with E-state index < -0.39 is 0 Å². The van der Waals surface area contributed by atoms with Gasteiger partial charge in [0.1, 0.15) is 5.82 Å². The molecular formula is C47H31N3. The molecule has 0 unspecified atom stereocenters. The van der Waals surface area contributed by atoms with Crippen LogP contribution in [0.5, 0.6) is 0 Å². The minimum absolute atomic E-state index is 0.878. The predicted molar refractivity (Wildman–Crippen MR) is 212 cm³/mol. The topological polar surface area (TPSA) is 21.1 Å². The Labute approximate surface area is 289 Å². The van der Waals surface area contributed by atoms with Crippen LogP contribution in [0.25, 0.3) is 72.0 Å². The lowest BCUT2D eigenvalue weighted by Gasteiger charge is -2.26. The quantitative estimate of drug-likeness (QED) is 0.134. The Hall–Kier alpha value is -6.71. The molecule has 0 aliphatic carbocycles. The maximum atomic E-state index is 4.81. The van der Waals surface area contributed by atoms with E-state index in [1.54, 1.807) is 0 Å². The smallest absolute Gasteiger partial charge is 0.137 e. The maximum absolute atomic E-state index is 4.81. The fourth-order valence-corrected chi connectivity index (χ4v) is 7.70. The number of nitrogens with zero attached hydrogens (tertiary/aromatic N) is 3. The van der Waals surface area contributed by atoms with Crippen LogP contribution in [-0.2, 0) is 0 Å². The SMILES string of the molecule is C(=C\c1ccc(N(c2ccc3ccccc3c2)c2ccccn2)c2ccccc12)/c1cc2ccc3cccc4c3c2c(c1)n4-c1ccccc1. The molecule has 2 heterocycles. The molecule has 0 atom stereocenters. The van der Waals surface area contributed by atoms with Gasteiger partial charge in [-0.05, 0) is 98.7 Å². The monoisotopic (exact) mass is 637 g/mol. The summed E-state index contributed by atoms with van der Waals surface area (Å²) < 4.78 is 2.41. The summed E-state index contributed by atoms with van der Waals surface area (Å²) in [4.78, 5) is 7.08. The van der Waals surface area contributed by atoms with Crippen LogP contribution in [0.4, 0.5) is 17.2 Å². The van der Waals surface area contributed by atoms with Gasteiger partial charge in [0.05, 0.1) is 16.7 Å². The number of hydrogen-bond donors (Lipinski definition) is 0. The summed E-state index contributed by atoms with van der Waals surface area (Å²) in [5.74, 6) is 0.878. The number of pyridine rings is 1. The number of anilines is 3. The summed E-state index contributed by atoms with van der Waals surface area (Å²) in [5.41, 5.74) is 8.12. The first-order valence-corrected chi connectivity index (χ1v) is 17.0. The van der Waals surface area contributed by atoms with Gasteiger partial charge in [-0.15, -0.1) is 0 Å². The highest BCUT2D eigenvalue weighted by atomic mass is 15.2. The van der Waals surface area contributed by atoms with Gasteiger partial charge in [0.15, 0.2) is 0 Å². The molecule has 10 aromatic rings. The highest BCUT2D eigenvalue weighted by Crippen LogP contribution is 2.42. The number of fused-ring (bicyclic) bond motifs is 2. The summed E-state index contributed by atoms with van der Waals surface area (Å²) >= 11 is 0. The molecule has 0 spiro atoms.